The van der Waals surface area contributed by atoms with Gasteiger partial charge in [-0.3, -0.25) is 14.2 Å². The lowest BCUT2D eigenvalue weighted by atomic mass is 10.1. The molecule has 1 aliphatic heterocycles. The van der Waals surface area contributed by atoms with Gasteiger partial charge >= 0.3 is 4.87 Å². The van der Waals surface area contributed by atoms with Crippen LogP contribution in [0.25, 0.3) is 10.2 Å². The highest BCUT2D eigenvalue weighted by molar-refractivity contribution is 7.89. The summed E-state index contributed by atoms with van der Waals surface area (Å²) in [5, 5.41) is 0. The predicted octanol–water partition coefficient (Wildman–Crippen LogP) is 2.17. The summed E-state index contributed by atoms with van der Waals surface area (Å²) < 4.78 is 35.2. The Morgan fingerprint density at radius 2 is 1.84 bits per heavy atom. The van der Waals surface area contributed by atoms with E-state index in [1.165, 1.54) is 4.31 Å². The van der Waals surface area contributed by atoms with Gasteiger partial charge in [-0.1, -0.05) is 23.5 Å². The zero-order valence-corrected chi connectivity index (χ0v) is 19.6. The lowest BCUT2D eigenvalue weighted by Crippen LogP contribution is -2.50. The summed E-state index contributed by atoms with van der Waals surface area (Å²) >= 11 is 1.05. The number of methoxy groups -OCH3 is 1. The number of amides is 1. The molecule has 0 saturated carbocycles. The molecule has 0 spiro atoms. The maximum Gasteiger partial charge on any atom is 0.308 e. The first-order valence-corrected chi connectivity index (χ1v) is 12.6. The summed E-state index contributed by atoms with van der Waals surface area (Å²) in [6.45, 7) is 3.56. The molecule has 2 aromatic carbocycles. The van der Waals surface area contributed by atoms with Gasteiger partial charge in [0.25, 0.3) is 0 Å². The van der Waals surface area contributed by atoms with Gasteiger partial charge in [0.05, 0.1) is 28.6 Å². The maximum absolute atomic E-state index is 13.2. The van der Waals surface area contributed by atoms with Crippen molar-refractivity contribution in [3.63, 3.8) is 0 Å². The van der Waals surface area contributed by atoms with Crippen LogP contribution in [-0.2, 0) is 27.8 Å². The van der Waals surface area contributed by atoms with E-state index in [1.807, 2.05) is 31.2 Å². The molecule has 1 saturated heterocycles. The number of thiazole rings is 1. The number of aryl methyl sites for hydroxylation is 1. The molecular formula is C22H25N3O5S2. The third kappa shape index (κ3) is 4.30. The highest BCUT2D eigenvalue weighted by atomic mass is 32.2. The number of benzene rings is 2. The Labute approximate surface area is 190 Å². The zero-order chi connectivity index (χ0) is 22.9. The Morgan fingerprint density at radius 3 is 2.53 bits per heavy atom. The average molecular weight is 476 g/mol. The van der Waals surface area contributed by atoms with Crippen molar-refractivity contribution in [2.45, 2.75) is 24.8 Å². The molecule has 0 N–H and O–H groups in total. The smallest absolute Gasteiger partial charge is 0.308 e. The van der Waals surface area contributed by atoms with Crippen LogP contribution in [0, 0.1) is 0 Å². The van der Waals surface area contributed by atoms with Crippen LogP contribution in [0.15, 0.2) is 52.2 Å². The minimum Gasteiger partial charge on any atom is -0.497 e. The second-order valence-electron chi connectivity index (χ2n) is 7.55. The summed E-state index contributed by atoms with van der Waals surface area (Å²) in [4.78, 5) is 26.5. The largest absolute Gasteiger partial charge is 0.497 e. The normalized spacial score (nSPS) is 15.2. The molecule has 1 aromatic heterocycles. The van der Waals surface area contributed by atoms with Gasteiger partial charge in [0.15, 0.2) is 0 Å². The maximum atomic E-state index is 13.2. The van der Waals surface area contributed by atoms with E-state index in [9.17, 15) is 18.0 Å². The molecule has 8 nitrogen and oxygen atoms in total. The summed E-state index contributed by atoms with van der Waals surface area (Å²) in [7, 11) is -2.13. The number of ether oxygens (including phenoxy) is 1. The van der Waals surface area contributed by atoms with Gasteiger partial charge in [0.2, 0.25) is 15.9 Å². The van der Waals surface area contributed by atoms with Crippen molar-refractivity contribution in [2.24, 2.45) is 0 Å². The number of rotatable bonds is 6. The molecule has 1 fully saturated rings. The number of hydrogen-bond acceptors (Lipinski definition) is 6. The fourth-order valence-electron chi connectivity index (χ4n) is 3.90. The summed E-state index contributed by atoms with van der Waals surface area (Å²) in [5.41, 5.74) is 1.60. The van der Waals surface area contributed by atoms with E-state index >= 15 is 0 Å². The summed E-state index contributed by atoms with van der Waals surface area (Å²) in [6, 6.07) is 12.2. The fourth-order valence-corrected chi connectivity index (χ4v) is 6.42. The Hall–Kier alpha value is -2.69. The van der Waals surface area contributed by atoms with E-state index in [2.05, 4.69) is 0 Å². The van der Waals surface area contributed by atoms with Crippen molar-refractivity contribution in [2.75, 3.05) is 33.3 Å². The van der Waals surface area contributed by atoms with E-state index in [-0.39, 0.29) is 35.2 Å². The number of sulfonamides is 1. The van der Waals surface area contributed by atoms with Crippen molar-refractivity contribution >= 4 is 37.5 Å². The predicted molar refractivity (Wildman–Crippen MR) is 124 cm³/mol. The Kier molecular flexibility index (Phi) is 6.36. The minimum atomic E-state index is -3.71. The van der Waals surface area contributed by atoms with Crippen LogP contribution in [0.1, 0.15) is 12.5 Å². The van der Waals surface area contributed by atoms with E-state index in [0.29, 0.717) is 30.1 Å². The monoisotopic (exact) mass is 475 g/mol. The van der Waals surface area contributed by atoms with Crippen molar-refractivity contribution in [3.05, 3.63) is 57.7 Å². The highest BCUT2D eigenvalue weighted by Gasteiger charge is 2.30. The number of carbonyl (C=O) groups excluding carboxylic acids is 1. The van der Waals surface area contributed by atoms with Crippen LogP contribution in [0.3, 0.4) is 0 Å². The van der Waals surface area contributed by atoms with E-state index in [4.69, 9.17) is 4.74 Å². The Morgan fingerprint density at radius 1 is 1.09 bits per heavy atom. The van der Waals surface area contributed by atoms with Gasteiger partial charge in [0, 0.05) is 32.7 Å². The molecule has 170 valence electrons. The van der Waals surface area contributed by atoms with E-state index < -0.39 is 10.0 Å². The third-order valence-corrected chi connectivity index (χ3v) is 8.51. The van der Waals surface area contributed by atoms with Gasteiger partial charge < -0.3 is 9.64 Å². The summed E-state index contributed by atoms with van der Waals surface area (Å²) in [6.07, 6.45) is 0.244. The molecule has 0 bridgehead atoms. The quantitative estimate of drug-likeness (QED) is 0.545. The van der Waals surface area contributed by atoms with Crippen molar-refractivity contribution in [1.82, 2.24) is 13.8 Å². The van der Waals surface area contributed by atoms with Gasteiger partial charge in [-0.25, -0.2) is 8.42 Å². The molecule has 32 heavy (non-hydrogen) atoms. The highest BCUT2D eigenvalue weighted by Crippen LogP contribution is 2.25. The van der Waals surface area contributed by atoms with Crippen LogP contribution in [0.4, 0.5) is 0 Å². The third-order valence-electron chi connectivity index (χ3n) is 5.67. The molecule has 0 radical (unpaired) electrons. The van der Waals surface area contributed by atoms with Crippen LogP contribution >= 0.6 is 11.3 Å². The average Bonchev–Trinajstić information content (AvgIpc) is 3.13. The topological polar surface area (TPSA) is 88.9 Å². The Balaban J connectivity index is 1.44. The molecule has 0 unspecified atom stereocenters. The van der Waals surface area contributed by atoms with Gasteiger partial charge in [0.1, 0.15) is 5.75 Å². The lowest BCUT2D eigenvalue weighted by molar-refractivity contribution is -0.131. The first kappa shape index (κ1) is 22.5. The van der Waals surface area contributed by atoms with E-state index in [1.54, 1.807) is 34.8 Å². The molecule has 2 heterocycles. The van der Waals surface area contributed by atoms with E-state index in [0.717, 1.165) is 22.4 Å². The second kappa shape index (κ2) is 9.05. The number of fused-ring (bicyclic) bond motifs is 1. The molecule has 3 aromatic rings. The van der Waals surface area contributed by atoms with Crippen LogP contribution in [0.2, 0.25) is 0 Å². The first-order chi connectivity index (χ1) is 15.3. The standard InChI is InChI=1S/C22H25N3O5S2/c1-3-25-19-8-7-18(15-20(19)31-22(25)27)32(28,29)24-11-9-23(10-12-24)21(26)14-16-5-4-6-17(13-16)30-2/h4-8,13,15H,3,9-12,14H2,1-2H3. The fraction of sp³-hybridized carbons (Fsp3) is 0.364. The molecular weight excluding hydrogens is 450 g/mol. The first-order valence-electron chi connectivity index (χ1n) is 10.4. The molecule has 1 amide bonds. The van der Waals surface area contributed by atoms with Gasteiger partial charge in [-0.15, -0.1) is 0 Å². The summed E-state index contributed by atoms with van der Waals surface area (Å²) in [5.74, 6) is 0.657. The molecule has 10 heteroatoms. The Bertz CT molecular complexity index is 1300. The van der Waals surface area contributed by atoms with Crippen molar-refractivity contribution < 1.29 is 17.9 Å². The minimum absolute atomic E-state index is 0.0394. The second-order valence-corrected chi connectivity index (χ2v) is 10.5. The van der Waals surface area contributed by atoms with Crippen LogP contribution < -0.4 is 9.61 Å². The number of nitrogens with zero attached hydrogens (tertiary/aromatic N) is 3. The SMILES string of the molecule is CCn1c(=O)sc2cc(S(=O)(=O)N3CCN(C(=O)Cc4cccc(OC)c4)CC3)ccc21. The molecule has 0 atom stereocenters. The molecule has 4 rings (SSSR count). The number of aromatic nitrogens is 1. The molecule has 0 aliphatic carbocycles. The van der Waals surface area contributed by atoms with Gasteiger partial charge in [-0.05, 0) is 42.8 Å². The van der Waals surface area contributed by atoms with Crippen LogP contribution in [-0.4, -0.2) is 61.4 Å². The number of piperazine rings is 1. The van der Waals surface area contributed by atoms with Crippen molar-refractivity contribution in [1.29, 1.82) is 0 Å². The molecule has 1 aliphatic rings. The van der Waals surface area contributed by atoms with Crippen LogP contribution in [0.5, 0.6) is 5.75 Å². The number of carbonyl (C=O) groups is 1. The number of hydrogen-bond donors (Lipinski definition) is 0. The lowest BCUT2D eigenvalue weighted by Gasteiger charge is -2.34. The van der Waals surface area contributed by atoms with Crippen molar-refractivity contribution in [3.8, 4) is 5.75 Å². The zero-order valence-electron chi connectivity index (χ0n) is 18.0. The van der Waals surface area contributed by atoms with Gasteiger partial charge in [-0.2, -0.15) is 4.31 Å².